The van der Waals surface area contributed by atoms with E-state index in [0.717, 1.165) is 9.80 Å². The van der Waals surface area contributed by atoms with Crippen molar-refractivity contribution in [1.82, 2.24) is 9.80 Å². The summed E-state index contributed by atoms with van der Waals surface area (Å²) in [7, 11) is 0. The molecule has 0 aromatic heterocycles. The fourth-order valence-corrected chi connectivity index (χ4v) is 2.08. The monoisotopic (exact) mass is 286 g/mol. The molecule has 1 saturated heterocycles. The van der Waals surface area contributed by atoms with Gasteiger partial charge in [-0.25, -0.2) is 4.90 Å². The normalized spacial score (nSPS) is 17.3. The van der Waals surface area contributed by atoms with Crippen LogP contribution in [0.15, 0.2) is 36.0 Å². The maximum atomic E-state index is 12.3. The van der Waals surface area contributed by atoms with Crippen molar-refractivity contribution < 1.29 is 19.2 Å². The molecule has 4 amide bonds. The number of hydrogen-bond donors (Lipinski definition) is 0. The molecule has 1 heterocycles. The van der Waals surface area contributed by atoms with Gasteiger partial charge in [0.05, 0.1) is 0 Å². The zero-order chi connectivity index (χ0) is 15.6. The van der Waals surface area contributed by atoms with Crippen LogP contribution in [0.2, 0.25) is 0 Å². The van der Waals surface area contributed by atoms with E-state index in [9.17, 15) is 19.2 Å². The Balaban J connectivity index is 2.51. The molecule has 21 heavy (non-hydrogen) atoms. The molecule has 0 bridgehead atoms. The molecule has 0 spiro atoms. The molecule has 1 aromatic carbocycles. The van der Waals surface area contributed by atoms with Crippen LogP contribution >= 0.6 is 0 Å². The number of rotatable bonds is 1. The van der Waals surface area contributed by atoms with Crippen LogP contribution in [0.5, 0.6) is 0 Å². The highest BCUT2D eigenvalue weighted by molar-refractivity contribution is 6.17. The van der Waals surface area contributed by atoms with Gasteiger partial charge in [-0.05, 0) is 11.6 Å². The molecule has 108 valence electrons. The highest BCUT2D eigenvalue weighted by atomic mass is 16.2. The second kappa shape index (κ2) is 5.70. The summed E-state index contributed by atoms with van der Waals surface area (Å²) in [5.41, 5.74) is 0.547. The number of piperazine rings is 1. The number of benzene rings is 1. The number of carbonyl (C=O) groups excluding carboxylic acids is 4. The van der Waals surface area contributed by atoms with E-state index < -0.39 is 30.2 Å². The van der Waals surface area contributed by atoms with Crippen LogP contribution in [-0.4, -0.2) is 40.0 Å². The van der Waals surface area contributed by atoms with Gasteiger partial charge in [0.2, 0.25) is 11.8 Å². The third-order valence-electron chi connectivity index (χ3n) is 3.05. The number of carbonyl (C=O) groups is 4. The quantitative estimate of drug-likeness (QED) is 0.715. The molecule has 0 N–H and O–H groups in total. The number of imide groups is 2. The zero-order valence-corrected chi connectivity index (χ0v) is 11.7. The smallest absolute Gasteiger partial charge is 0.275 e. The van der Waals surface area contributed by atoms with Gasteiger partial charge in [0.1, 0.15) is 12.2 Å². The Morgan fingerprint density at radius 3 is 2.19 bits per heavy atom. The molecule has 0 aliphatic carbocycles. The van der Waals surface area contributed by atoms with E-state index in [1.54, 1.807) is 30.3 Å². The molecule has 0 saturated carbocycles. The predicted octanol–water partition coefficient (Wildman–Crippen LogP) is 0.791. The fourth-order valence-electron chi connectivity index (χ4n) is 2.08. The van der Waals surface area contributed by atoms with Crippen molar-refractivity contribution in [2.24, 2.45) is 0 Å². The van der Waals surface area contributed by atoms with Crippen LogP contribution in [0, 0.1) is 0 Å². The van der Waals surface area contributed by atoms with E-state index in [1.165, 1.54) is 19.9 Å². The minimum Gasteiger partial charge on any atom is -0.275 e. The lowest BCUT2D eigenvalue weighted by Crippen LogP contribution is -2.54. The van der Waals surface area contributed by atoms with Gasteiger partial charge in [-0.1, -0.05) is 30.3 Å². The second-order valence-electron chi connectivity index (χ2n) is 4.60. The van der Waals surface area contributed by atoms with Gasteiger partial charge < -0.3 is 0 Å². The first kappa shape index (κ1) is 14.6. The molecule has 2 rings (SSSR count). The Bertz CT molecular complexity index is 649. The van der Waals surface area contributed by atoms with Crippen LogP contribution in [0.1, 0.15) is 19.4 Å². The summed E-state index contributed by atoms with van der Waals surface area (Å²) < 4.78 is 0. The lowest BCUT2D eigenvalue weighted by molar-refractivity contribution is -0.156. The van der Waals surface area contributed by atoms with Gasteiger partial charge in [-0.15, -0.1) is 0 Å². The number of amides is 4. The summed E-state index contributed by atoms with van der Waals surface area (Å²) >= 11 is 0. The van der Waals surface area contributed by atoms with Gasteiger partial charge >= 0.3 is 0 Å². The average Bonchev–Trinajstić information content (AvgIpc) is 2.43. The maximum absolute atomic E-state index is 12.3. The first-order valence-corrected chi connectivity index (χ1v) is 6.34. The maximum Gasteiger partial charge on any atom is 0.278 e. The van der Waals surface area contributed by atoms with Crippen molar-refractivity contribution in [1.29, 1.82) is 0 Å². The Morgan fingerprint density at radius 2 is 1.67 bits per heavy atom. The van der Waals surface area contributed by atoms with Gasteiger partial charge in [0, 0.05) is 13.8 Å². The third-order valence-corrected chi connectivity index (χ3v) is 3.05. The van der Waals surface area contributed by atoms with E-state index in [2.05, 4.69) is 0 Å². The largest absolute Gasteiger partial charge is 0.278 e. The third kappa shape index (κ3) is 2.89. The lowest BCUT2D eigenvalue weighted by Gasteiger charge is -2.32. The predicted molar refractivity (Wildman–Crippen MR) is 74.3 cm³/mol. The Labute approximate surface area is 121 Å². The Hall–Kier alpha value is -2.76. The van der Waals surface area contributed by atoms with Crippen LogP contribution in [-0.2, 0) is 19.2 Å². The van der Waals surface area contributed by atoms with Crippen molar-refractivity contribution in [2.75, 3.05) is 6.54 Å². The molecule has 6 nitrogen and oxygen atoms in total. The lowest BCUT2D eigenvalue weighted by atomic mass is 10.1. The summed E-state index contributed by atoms with van der Waals surface area (Å²) in [6.07, 6.45) is 1.43. The molecular weight excluding hydrogens is 272 g/mol. The van der Waals surface area contributed by atoms with Crippen LogP contribution in [0.3, 0.4) is 0 Å². The van der Waals surface area contributed by atoms with Crippen molar-refractivity contribution in [2.45, 2.75) is 13.8 Å². The van der Waals surface area contributed by atoms with Crippen LogP contribution in [0.25, 0.3) is 6.08 Å². The fraction of sp³-hybridized carbons (Fsp3) is 0.200. The molecule has 1 fully saturated rings. The van der Waals surface area contributed by atoms with Gasteiger partial charge in [-0.3, -0.25) is 24.1 Å². The Kier molecular flexibility index (Phi) is 3.98. The summed E-state index contributed by atoms with van der Waals surface area (Å²) in [6.45, 7) is 1.99. The summed E-state index contributed by atoms with van der Waals surface area (Å²) in [4.78, 5) is 49.1. The van der Waals surface area contributed by atoms with E-state index in [4.69, 9.17) is 0 Å². The van der Waals surface area contributed by atoms with Gasteiger partial charge in [-0.2, -0.15) is 0 Å². The van der Waals surface area contributed by atoms with Crippen LogP contribution in [0.4, 0.5) is 0 Å². The molecular formula is C15H14N2O4. The SMILES string of the molecule is CC(=O)N1CC(=O)N(C(C)=O)/C(=C\c2ccccc2)C1=O. The molecule has 6 heteroatoms. The topological polar surface area (TPSA) is 74.8 Å². The van der Waals surface area contributed by atoms with Gasteiger partial charge in [0.25, 0.3) is 11.8 Å². The van der Waals surface area contributed by atoms with Crippen molar-refractivity contribution in [3.8, 4) is 0 Å². The molecule has 1 aliphatic heterocycles. The highest BCUT2D eigenvalue weighted by Gasteiger charge is 2.38. The standard InChI is InChI=1S/C15H14N2O4/c1-10(18)16-9-14(20)17(11(2)19)13(15(16)21)8-12-6-4-3-5-7-12/h3-8H,9H2,1-2H3/b13-8-. The zero-order valence-electron chi connectivity index (χ0n) is 11.7. The molecule has 0 atom stereocenters. The molecule has 0 radical (unpaired) electrons. The molecule has 1 aromatic rings. The molecule has 1 aliphatic rings. The number of nitrogens with zero attached hydrogens (tertiary/aromatic N) is 2. The molecule has 0 unspecified atom stereocenters. The van der Waals surface area contributed by atoms with Gasteiger partial charge in [0.15, 0.2) is 0 Å². The Morgan fingerprint density at radius 1 is 1.05 bits per heavy atom. The average molecular weight is 286 g/mol. The van der Waals surface area contributed by atoms with Crippen LogP contribution < -0.4 is 0 Å². The summed E-state index contributed by atoms with van der Waals surface area (Å²) in [5, 5.41) is 0. The first-order chi connectivity index (χ1) is 9.91. The second-order valence-corrected chi connectivity index (χ2v) is 4.60. The van der Waals surface area contributed by atoms with E-state index in [0.29, 0.717) is 5.56 Å². The van der Waals surface area contributed by atoms with Crippen molar-refractivity contribution in [3.05, 3.63) is 41.6 Å². The summed E-state index contributed by atoms with van der Waals surface area (Å²) in [6, 6.07) is 8.80. The van der Waals surface area contributed by atoms with E-state index in [-0.39, 0.29) is 5.70 Å². The van der Waals surface area contributed by atoms with Crippen molar-refractivity contribution >= 4 is 29.7 Å². The minimum atomic E-state index is -0.652. The summed E-state index contributed by atoms with van der Waals surface area (Å²) in [5.74, 6) is -2.34. The highest BCUT2D eigenvalue weighted by Crippen LogP contribution is 2.20. The van der Waals surface area contributed by atoms with E-state index >= 15 is 0 Å². The first-order valence-electron chi connectivity index (χ1n) is 6.34. The minimum absolute atomic E-state index is 0.111. The van der Waals surface area contributed by atoms with E-state index in [1.807, 2.05) is 0 Å². The number of hydrogen-bond acceptors (Lipinski definition) is 4. The van der Waals surface area contributed by atoms with Crippen molar-refractivity contribution in [3.63, 3.8) is 0 Å².